The Bertz CT molecular complexity index is 738. The van der Waals surface area contributed by atoms with Gasteiger partial charge in [-0.2, -0.15) is 4.98 Å². The molecule has 1 aliphatic rings. The highest BCUT2D eigenvalue weighted by atomic mass is 16.5. The first-order valence-electron chi connectivity index (χ1n) is 10.3. The Morgan fingerprint density at radius 2 is 2.14 bits per heavy atom. The van der Waals surface area contributed by atoms with Crippen LogP contribution in [0, 0.1) is 11.8 Å². The van der Waals surface area contributed by atoms with Gasteiger partial charge in [0, 0.05) is 43.4 Å². The molecular weight excluding hydrogens is 354 g/mol. The van der Waals surface area contributed by atoms with Gasteiger partial charge in [0.1, 0.15) is 0 Å². The fourth-order valence-electron chi connectivity index (χ4n) is 3.64. The minimum absolute atomic E-state index is 0.0251. The van der Waals surface area contributed by atoms with Gasteiger partial charge in [-0.3, -0.25) is 14.7 Å². The number of hydrogen-bond acceptors (Lipinski definition) is 6. The van der Waals surface area contributed by atoms with Crippen molar-refractivity contribution in [3.63, 3.8) is 0 Å². The lowest BCUT2D eigenvalue weighted by Gasteiger charge is -2.38. The van der Waals surface area contributed by atoms with Gasteiger partial charge in [-0.15, -0.1) is 0 Å². The van der Waals surface area contributed by atoms with Gasteiger partial charge in [-0.05, 0) is 49.9 Å². The van der Waals surface area contributed by atoms with Crippen LogP contribution in [0.4, 0.5) is 0 Å². The van der Waals surface area contributed by atoms with E-state index in [0.717, 1.165) is 24.6 Å². The van der Waals surface area contributed by atoms with Crippen LogP contribution >= 0.6 is 0 Å². The van der Waals surface area contributed by atoms with Gasteiger partial charge in [0.15, 0.2) is 0 Å². The fourth-order valence-corrected chi connectivity index (χ4v) is 3.64. The Hall–Kier alpha value is -2.28. The van der Waals surface area contributed by atoms with Crippen molar-refractivity contribution >= 4 is 5.91 Å². The van der Waals surface area contributed by atoms with E-state index in [4.69, 9.17) is 4.52 Å². The maximum atomic E-state index is 12.3. The maximum Gasteiger partial charge on any atom is 0.227 e. The molecule has 0 aliphatic carbocycles. The zero-order valence-corrected chi connectivity index (χ0v) is 17.1. The second kappa shape index (κ2) is 9.78. The van der Waals surface area contributed by atoms with Crippen molar-refractivity contribution in [1.82, 2.24) is 25.3 Å². The largest absolute Gasteiger partial charge is 0.355 e. The molecular formula is C21H31N5O2. The molecule has 1 aliphatic heterocycles. The number of piperidine rings is 1. The van der Waals surface area contributed by atoms with Crippen molar-refractivity contribution in [2.24, 2.45) is 11.8 Å². The van der Waals surface area contributed by atoms with Crippen molar-refractivity contribution in [3.8, 4) is 11.4 Å². The SMILES string of the molecule is CC1CCN(C(CNC(=O)CCc2nc(-c3cccnc3)no2)C(C)C)CC1. The number of nitrogens with one attached hydrogen (secondary N) is 1. The summed E-state index contributed by atoms with van der Waals surface area (Å²) >= 11 is 0. The van der Waals surface area contributed by atoms with Crippen molar-refractivity contribution in [2.45, 2.75) is 52.5 Å². The van der Waals surface area contributed by atoms with E-state index in [1.54, 1.807) is 12.4 Å². The minimum Gasteiger partial charge on any atom is -0.355 e. The fraction of sp³-hybridized carbons (Fsp3) is 0.619. The molecule has 0 saturated carbocycles. The highest BCUT2D eigenvalue weighted by Gasteiger charge is 2.26. The molecule has 2 aromatic heterocycles. The third kappa shape index (κ3) is 5.61. The molecule has 3 heterocycles. The van der Waals surface area contributed by atoms with Crippen LogP contribution in [-0.4, -0.2) is 51.6 Å². The molecule has 152 valence electrons. The predicted molar refractivity (Wildman–Crippen MR) is 107 cm³/mol. The Balaban J connectivity index is 1.45. The molecule has 0 radical (unpaired) electrons. The second-order valence-corrected chi connectivity index (χ2v) is 8.09. The summed E-state index contributed by atoms with van der Waals surface area (Å²) in [5.74, 6) is 2.32. The number of aryl methyl sites for hydroxylation is 1. The van der Waals surface area contributed by atoms with Gasteiger partial charge in [0.2, 0.25) is 17.6 Å². The monoisotopic (exact) mass is 385 g/mol. The van der Waals surface area contributed by atoms with Gasteiger partial charge in [0.05, 0.1) is 0 Å². The van der Waals surface area contributed by atoms with Gasteiger partial charge in [-0.25, -0.2) is 0 Å². The summed E-state index contributed by atoms with van der Waals surface area (Å²) in [5.41, 5.74) is 0.803. The maximum absolute atomic E-state index is 12.3. The van der Waals surface area contributed by atoms with E-state index < -0.39 is 0 Å². The minimum atomic E-state index is 0.0251. The molecule has 0 bridgehead atoms. The molecule has 7 heteroatoms. The number of hydrogen-bond donors (Lipinski definition) is 1. The number of rotatable bonds is 8. The molecule has 28 heavy (non-hydrogen) atoms. The van der Waals surface area contributed by atoms with E-state index in [9.17, 15) is 4.79 Å². The summed E-state index contributed by atoms with van der Waals surface area (Å²) < 4.78 is 5.26. The molecule has 1 amide bonds. The first-order chi connectivity index (χ1) is 13.5. The van der Waals surface area contributed by atoms with Crippen molar-refractivity contribution in [1.29, 1.82) is 0 Å². The Labute approximate surface area is 166 Å². The van der Waals surface area contributed by atoms with Crippen LogP contribution in [-0.2, 0) is 11.2 Å². The van der Waals surface area contributed by atoms with Gasteiger partial charge < -0.3 is 9.84 Å². The lowest BCUT2D eigenvalue weighted by Crippen LogP contribution is -2.49. The number of aromatic nitrogens is 3. The standard InChI is InChI=1S/C21H31N5O2/c1-15(2)18(26-11-8-16(3)9-12-26)14-23-19(27)6-7-20-24-21(25-28-20)17-5-4-10-22-13-17/h4-5,10,13,15-16,18H,6-9,11-12,14H2,1-3H3,(H,23,27). The summed E-state index contributed by atoms with van der Waals surface area (Å²) in [6.45, 7) is 9.72. The van der Waals surface area contributed by atoms with Crippen LogP contribution in [0.3, 0.4) is 0 Å². The van der Waals surface area contributed by atoms with Crippen LogP contribution < -0.4 is 5.32 Å². The normalized spacial score (nSPS) is 17.0. The van der Waals surface area contributed by atoms with Crippen molar-refractivity contribution in [2.75, 3.05) is 19.6 Å². The van der Waals surface area contributed by atoms with E-state index in [0.29, 0.717) is 43.1 Å². The number of pyridine rings is 1. The molecule has 1 N–H and O–H groups in total. The lowest BCUT2D eigenvalue weighted by atomic mass is 9.94. The lowest BCUT2D eigenvalue weighted by molar-refractivity contribution is -0.121. The van der Waals surface area contributed by atoms with Crippen molar-refractivity contribution in [3.05, 3.63) is 30.4 Å². The van der Waals surface area contributed by atoms with Crippen molar-refractivity contribution < 1.29 is 9.32 Å². The number of carbonyl (C=O) groups excluding carboxylic acids is 1. The highest BCUT2D eigenvalue weighted by Crippen LogP contribution is 2.21. The first-order valence-corrected chi connectivity index (χ1v) is 10.3. The van der Waals surface area contributed by atoms with E-state index in [-0.39, 0.29) is 5.91 Å². The second-order valence-electron chi connectivity index (χ2n) is 8.09. The molecule has 0 aromatic carbocycles. The summed E-state index contributed by atoms with van der Waals surface area (Å²) in [4.78, 5) is 23.3. The predicted octanol–water partition coefficient (Wildman–Crippen LogP) is 2.94. The number of likely N-dealkylation sites (tertiary alicyclic amines) is 1. The van der Waals surface area contributed by atoms with Crippen LogP contribution in [0.25, 0.3) is 11.4 Å². The quantitative estimate of drug-likeness (QED) is 0.752. The third-order valence-electron chi connectivity index (χ3n) is 5.52. The van der Waals surface area contributed by atoms with Gasteiger partial charge >= 0.3 is 0 Å². The third-order valence-corrected chi connectivity index (χ3v) is 5.52. The summed E-state index contributed by atoms with van der Waals surface area (Å²) in [6, 6.07) is 4.09. The molecule has 3 rings (SSSR count). The Morgan fingerprint density at radius 1 is 1.36 bits per heavy atom. The topological polar surface area (TPSA) is 84.2 Å². The number of carbonyl (C=O) groups is 1. The van der Waals surface area contributed by atoms with Gasteiger partial charge in [-0.1, -0.05) is 25.9 Å². The Morgan fingerprint density at radius 3 is 2.82 bits per heavy atom. The molecule has 1 unspecified atom stereocenters. The average molecular weight is 386 g/mol. The highest BCUT2D eigenvalue weighted by molar-refractivity contribution is 5.76. The van der Waals surface area contributed by atoms with Crippen LogP contribution in [0.5, 0.6) is 0 Å². The average Bonchev–Trinajstić information content (AvgIpc) is 3.17. The molecule has 1 saturated heterocycles. The number of nitrogens with zero attached hydrogens (tertiary/aromatic N) is 4. The van der Waals surface area contributed by atoms with Crippen LogP contribution in [0.2, 0.25) is 0 Å². The van der Waals surface area contributed by atoms with E-state index >= 15 is 0 Å². The van der Waals surface area contributed by atoms with E-state index in [2.05, 4.69) is 46.1 Å². The Kier molecular flexibility index (Phi) is 7.14. The van der Waals surface area contributed by atoms with E-state index in [1.807, 2.05) is 12.1 Å². The summed E-state index contributed by atoms with van der Waals surface area (Å²) in [5, 5.41) is 7.07. The zero-order chi connectivity index (χ0) is 19.9. The molecule has 0 spiro atoms. The molecule has 1 atom stereocenters. The molecule has 7 nitrogen and oxygen atoms in total. The number of amides is 1. The van der Waals surface area contributed by atoms with Crippen LogP contribution in [0.1, 0.15) is 45.9 Å². The zero-order valence-electron chi connectivity index (χ0n) is 17.1. The smallest absolute Gasteiger partial charge is 0.227 e. The van der Waals surface area contributed by atoms with E-state index in [1.165, 1.54) is 12.8 Å². The first kappa shape index (κ1) is 20.5. The molecule has 1 fully saturated rings. The molecule has 2 aromatic rings. The van der Waals surface area contributed by atoms with Gasteiger partial charge in [0.25, 0.3) is 0 Å². The summed E-state index contributed by atoms with van der Waals surface area (Å²) in [7, 11) is 0. The van der Waals surface area contributed by atoms with Crippen LogP contribution in [0.15, 0.2) is 29.0 Å². The summed E-state index contributed by atoms with van der Waals surface area (Å²) in [6.07, 6.45) is 6.66.